The van der Waals surface area contributed by atoms with Crippen LogP contribution in [0.25, 0.3) is 0 Å². The summed E-state index contributed by atoms with van der Waals surface area (Å²) in [7, 11) is 0. The summed E-state index contributed by atoms with van der Waals surface area (Å²) in [5, 5.41) is 0. The van der Waals surface area contributed by atoms with Crippen LogP contribution < -0.4 is 5.73 Å². The van der Waals surface area contributed by atoms with Crippen LogP contribution >= 0.6 is 0 Å². The second-order valence-electron chi connectivity index (χ2n) is 5.58. The zero-order valence-corrected chi connectivity index (χ0v) is 11.2. The fourth-order valence-electron chi connectivity index (χ4n) is 3.05. The van der Waals surface area contributed by atoms with Crippen molar-refractivity contribution in [2.75, 3.05) is 0 Å². The van der Waals surface area contributed by atoms with E-state index in [1.54, 1.807) is 0 Å². The lowest BCUT2D eigenvalue weighted by atomic mass is 9.74. The molecule has 3 rings (SSSR count). The summed E-state index contributed by atoms with van der Waals surface area (Å²) in [6.07, 6.45) is 2.42. The first-order valence-electron chi connectivity index (χ1n) is 6.90. The molecule has 0 fully saturated rings. The summed E-state index contributed by atoms with van der Waals surface area (Å²) in [4.78, 5) is 0. The molecular formula is C17H17F2N. The predicted molar refractivity (Wildman–Crippen MR) is 75.5 cm³/mol. The van der Waals surface area contributed by atoms with Gasteiger partial charge in [0.2, 0.25) is 0 Å². The molecule has 0 radical (unpaired) electrons. The topological polar surface area (TPSA) is 26.0 Å². The normalized spacial score (nSPS) is 18.2. The molecule has 3 heteroatoms. The van der Waals surface area contributed by atoms with Crippen molar-refractivity contribution in [3.05, 3.63) is 70.8 Å². The Morgan fingerprint density at radius 2 is 1.80 bits per heavy atom. The Bertz CT molecular complexity index is 604. The first-order valence-corrected chi connectivity index (χ1v) is 6.90. The predicted octanol–water partition coefficient (Wildman–Crippen LogP) is 3.56. The molecule has 0 amide bonds. The summed E-state index contributed by atoms with van der Waals surface area (Å²) in [6.45, 7) is 0. The van der Waals surface area contributed by atoms with Crippen molar-refractivity contribution in [1.29, 1.82) is 0 Å². The van der Waals surface area contributed by atoms with Crippen molar-refractivity contribution in [2.24, 2.45) is 5.73 Å². The Kier molecular flexibility index (Phi) is 3.53. The molecule has 0 saturated carbocycles. The molecule has 0 saturated heterocycles. The highest BCUT2D eigenvalue weighted by molar-refractivity contribution is 5.40. The van der Waals surface area contributed by atoms with Crippen molar-refractivity contribution >= 4 is 0 Å². The number of hydrogen-bond acceptors (Lipinski definition) is 1. The minimum atomic E-state index is -0.541. The van der Waals surface area contributed by atoms with Crippen molar-refractivity contribution < 1.29 is 8.78 Å². The van der Waals surface area contributed by atoms with Gasteiger partial charge in [-0.2, -0.15) is 0 Å². The SMILES string of the molecule is NC(Cc1cc(F)cc(F)c1)CC1Cc2ccccc21. The van der Waals surface area contributed by atoms with Gasteiger partial charge in [0.15, 0.2) is 0 Å². The van der Waals surface area contributed by atoms with E-state index in [1.807, 2.05) is 12.1 Å². The molecule has 104 valence electrons. The molecule has 0 aliphatic heterocycles. The van der Waals surface area contributed by atoms with Crippen LogP contribution in [0.4, 0.5) is 8.78 Å². The molecule has 2 N–H and O–H groups in total. The molecule has 20 heavy (non-hydrogen) atoms. The van der Waals surface area contributed by atoms with E-state index in [4.69, 9.17) is 5.73 Å². The van der Waals surface area contributed by atoms with Crippen LogP contribution in [-0.2, 0) is 12.8 Å². The van der Waals surface area contributed by atoms with Crippen LogP contribution in [0.15, 0.2) is 42.5 Å². The summed E-state index contributed by atoms with van der Waals surface area (Å²) in [5.41, 5.74) is 9.52. The first kappa shape index (κ1) is 13.3. The summed E-state index contributed by atoms with van der Waals surface area (Å²) in [6, 6.07) is 11.9. The quantitative estimate of drug-likeness (QED) is 0.905. The number of rotatable bonds is 4. The van der Waals surface area contributed by atoms with Gasteiger partial charge >= 0.3 is 0 Å². The summed E-state index contributed by atoms with van der Waals surface area (Å²) >= 11 is 0. The van der Waals surface area contributed by atoms with Gasteiger partial charge in [-0.1, -0.05) is 24.3 Å². The van der Waals surface area contributed by atoms with Gasteiger partial charge in [-0.05, 0) is 54.0 Å². The Morgan fingerprint density at radius 3 is 2.50 bits per heavy atom. The lowest BCUT2D eigenvalue weighted by Crippen LogP contribution is -2.29. The highest BCUT2D eigenvalue weighted by Gasteiger charge is 2.26. The molecule has 1 nitrogen and oxygen atoms in total. The number of nitrogens with two attached hydrogens (primary N) is 1. The van der Waals surface area contributed by atoms with Crippen LogP contribution in [0.1, 0.15) is 29.0 Å². The second-order valence-corrected chi connectivity index (χ2v) is 5.58. The molecule has 0 bridgehead atoms. The number of hydrogen-bond donors (Lipinski definition) is 1. The Morgan fingerprint density at radius 1 is 1.10 bits per heavy atom. The molecule has 2 atom stereocenters. The van der Waals surface area contributed by atoms with Crippen molar-refractivity contribution in [1.82, 2.24) is 0 Å². The summed E-state index contributed by atoms with van der Waals surface area (Å²) < 4.78 is 26.3. The molecule has 2 aromatic rings. The fourth-order valence-corrected chi connectivity index (χ4v) is 3.05. The van der Waals surface area contributed by atoms with Gasteiger partial charge in [0.25, 0.3) is 0 Å². The average molecular weight is 273 g/mol. The van der Waals surface area contributed by atoms with Crippen LogP contribution in [-0.4, -0.2) is 6.04 Å². The Balaban J connectivity index is 1.62. The molecule has 1 aliphatic carbocycles. The van der Waals surface area contributed by atoms with E-state index < -0.39 is 11.6 Å². The number of halogens is 2. The van der Waals surface area contributed by atoms with Gasteiger partial charge in [-0.25, -0.2) is 8.78 Å². The molecular weight excluding hydrogens is 256 g/mol. The van der Waals surface area contributed by atoms with Gasteiger partial charge < -0.3 is 5.73 Å². The van der Waals surface area contributed by atoms with Crippen LogP contribution in [0.5, 0.6) is 0 Å². The highest BCUT2D eigenvalue weighted by Crippen LogP contribution is 2.38. The van der Waals surface area contributed by atoms with Gasteiger partial charge in [0.1, 0.15) is 11.6 Å². The van der Waals surface area contributed by atoms with E-state index in [1.165, 1.54) is 23.3 Å². The fraction of sp³-hybridized carbons (Fsp3) is 0.294. The van der Waals surface area contributed by atoms with Crippen molar-refractivity contribution in [2.45, 2.75) is 31.2 Å². The average Bonchev–Trinajstić information content (AvgIpc) is 2.34. The summed E-state index contributed by atoms with van der Waals surface area (Å²) in [5.74, 6) is -0.595. The Hall–Kier alpha value is -1.74. The third-order valence-electron chi connectivity index (χ3n) is 3.97. The first-order chi connectivity index (χ1) is 9.61. The number of fused-ring (bicyclic) bond motifs is 1. The van der Waals surface area contributed by atoms with E-state index in [2.05, 4.69) is 12.1 Å². The molecule has 2 unspecified atom stereocenters. The smallest absolute Gasteiger partial charge is 0.126 e. The zero-order chi connectivity index (χ0) is 14.1. The third-order valence-corrected chi connectivity index (χ3v) is 3.97. The van der Waals surface area contributed by atoms with Gasteiger partial charge in [-0.3, -0.25) is 0 Å². The maximum Gasteiger partial charge on any atom is 0.126 e. The van der Waals surface area contributed by atoms with E-state index in [9.17, 15) is 8.78 Å². The van der Waals surface area contributed by atoms with Crippen molar-refractivity contribution in [3.63, 3.8) is 0 Å². The lowest BCUT2D eigenvalue weighted by molar-refractivity contribution is 0.482. The maximum absolute atomic E-state index is 13.1. The van der Waals surface area contributed by atoms with Gasteiger partial charge in [-0.15, -0.1) is 0 Å². The van der Waals surface area contributed by atoms with Crippen LogP contribution in [0.2, 0.25) is 0 Å². The standard InChI is InChI=1S/C17H17F2N/c18-14-5-11(6-15(19)10-14)7-16(20)9-13-8-12-3-1-2-4-17(12)13/h1-6,10,13,16H,7-9,20H2. The number of benzene rings is 2. The van der Waals surface area contributed by atoms with Gasteiger partial charge in [0, 0.05) is 12.1 Å². The Labute approximate surface area is 117 Å². The molecule has 0 spiro atoms. The van der Waals surface area contributed by atoms with Crippen molar-refractivity contribution in [3.8, 4) is 0 Å². The molecule has 1 aliphatic rings. The van der Waals surface area contributed by atoms with E-state index in [-0.39, 0.29) is 6.04 Å². The highest BCUT2D eigenvalue weighted by atomic mass is 19.1. The minimum Gasteiger partial charge on any atom is -0.327 e. The van der Waals surface area contributed by atoms with E-state index >= 15 is 0 Å². The van der Waals surface area contributed by atoms with E-state index in [0.717, 1.165) is 18.9 Å². The largest absolute Gasteiger partial charge is 0.327 e. The monoisotopic (exact) mass is 273 g/mol. The van der Waals surface area contributed by atoms with Gasteiger partial charge in [0.05, 0.1) is 0 Å². The second kappa shape index (κ2) is 5.33. The maximum atomic E-state index is 13.1. The lowest BCUT2D eigenvalue weighted by Gasteiger charge is -2.32. The molecule has 0 aromatic heterocycles. The third kappa shape index (κ3) is 2.73. The van der Waals surface area contributed by atoms with E-state index in [0.29, 0.717) is 17.9 Å². The minimum absolute atomic E-state index is 0.0745. The zero-order valence-electron chi connectivity index (χ0n) is 11.2. The van der Waals surface area contributed by atoms with Crippen LogP contribution in [0, 0.1) is 11.6 Å². The molecule has 2 aromatic carbocycles. The molecule has 0 heterocycles. The van der Waals surface area contributed by atoms with Crippen LogP contribution in [0.3, 0.4) is 0 Å².